The van der Waals surface area contributed by atoms with E-state index in [1.165, 1.54) is 50.1 Å². The SMILES string of the molecule is Brc1ccc(CNC2CCCc3c2[nH]c2ccccc32)s1. The molecule has 0 saturated heterocycles. The minimum Gasteiger partial charge on any atom is -0.357 e. The number of benzene rings is 1. The van der Waals surface area contributed by atoms with Gasteiger partial charge in [-0.1, -0.05) is 18.2 Å². The molecule has 0 saturated carbocycles. The molecule has 3 aromatic rings. The lowest BCUT2D eigenvalue weighted by molar-refractivity contribution is 0.454. The van der Waals surface area contributed by atoms with E-state index in [1.54, 1.807) is 11.3 Å². The Morgan fingerprint density at radius 2 is 2.14 bits per heavy atom. The molecule has 0 amide bonds. The van der Waals surface area contributed by atoms with Crippen molar-refractivity contribution in [1.82, 2.24) is 10.3 Å². The van der Waals surface area contributed by atoms with Crippen LogP contribution in [0.1, 0.15) is 35.0 Å². The lowest BCUT2D eigenvalue weighted by atomic mass is 9.91. The molecule has 1 atom stereocenters. The Balaban J connectivity index is 1.61. The summed E-state index contributed by atoms with van der Waals surface area (Å²) >= 11 is 5.34. The smallest absolute Gasteiger partial charge is 0.0701 e. The molecule has 1 aliphatic carbocycles. The van der Waals surface area contributed by atoms with Gasteiger partial charge in [-0.2, -0.15) is 0 Å². The van der Waals surface area contributed by atoms with Gasteiger partial charge in [-0.25, -0.2) is 0 Å². The second-order valence-corrected chi connectivity index (χ2v) is 8.14. The van der Waals surface area contributed by atoms with Crippen molar-refractivity contribution in [2.45, 2.75) is 31.8 Å². The van der Waals surface area contributed by atoms with Crippen molar-refractivity contribution >= 4 is 38.2 Å². The molecule has 2 N–H and O–H groups in total. The maximum Gasteiger partial charge on any atom is 0.0701 e. The van der Waals surface area contributed by atoms with E-state index in [0.29, 0.717) is 6.04 Å². The first-order valence-corrected chi connectivity index (χ1v) is 8.99. The number of thiophene rings is 1. The van der Waals surface area contributed by atoms with E-state index in [2.05, 4.69) is 62.6 Å². The molecular formula is C17H17BrN2S. The number of aryl methyl sites for hydroxylation is 1. The highest BCUT2D eigenvalue weighted by Crippen LogP contribution is 2.35. The molecule has 108 valence electrons. The van der Waals surface area contributed by atoms with Crippen molar-refractivity contribution in [3.8, 4) is 0 Å². The van der Waals surface area contributed by atoms with Crippen molar-refractivity contribution in [1.29, 1.82) is 0 Å². The van der Waals surface area contributed by atoms with Crippen molar-refractivity contribution in [3.05, 3.63) is 56.3 Å². The van der Waals surface area contributed by atoms with E-state index in [9.17, 15) is 0 Å². The first-order valence-electron chi connectivity index (χ1n) is 7.38. The van der Waals surface area contributed by atoms with Gasteiger partial charge in [0, 0.05) is 34.1 Å². The molecular weight excluding hydrogens is 344 g/mol. The largest absolute Gasteiger partial charge is 0.357 e. The third-order valence-electron chi connectivity index (χ3n) is 4.27. The van der Waals surface area contributed by atoms with Crippen LogP contribution in [-0.2, 0) is 13.0 Å². The molecule has 0 aliphatic heterocycles. The summed E-state index contributed by atoms with van der Waals surface area (Å²) in [5.41, 5.74) is 4.19. The molecule has 1 unspecified atom stereocenters. The summed E-state index contributed by atoms with van der Waals surface area (Å²) in [6.07, 6.45) is 3.68. The molecule has 0 radical (unpaired) electrons. The molecule has 4 heteroatoms. The lowest BCUT2D eigenvalue weighted by Gasteiger charge is -2.23. The van der Waals surface area contributed by atoms with Gasteiger partial charge in [0.15, 0.2) is 0 Å². The highest BCUT2D eigenvalue weighted by atomic mass is 79.9. The van der Waals surface area contributed by atoms with E-state index in [0.717, 1.165) is 6.54 Å². The molecule has 1 aliphatic rings. The van der Waals surface area contributed by atoms with Gasteiger partial charge in [-0.05, 0) is 59.0 Å². The summed E-state index contributed by atoms with van der Waals surface area (Å²) in [5.74, 6) is 0. The summed E-state index contributed by atoms with van der Waals surface area (Å²) in [7, 11) is 0. The van der Waals surface area contributed by atoms with E-state index in [-0.39, 0.29) is 0 Å². The number of aromatic amines is 1. The van der Waals surface area contributed by atoms with Gasteiger partial charge in [0.2, 0.25) is 0 Å². The first-order chi connectivity index (χ1) is 10.3. The Kier molecular flexibility index (Phi) is 3.61. The van der Waals surface area contributed by atoms with Crippen molar-refractivity contribution in [2.24, 2.45) is 0 Å². The summed E-state index contributed by atoms with van der Waals surface area (Å²) in [4.78, 5) is 5.02. The van der Waals surface area contributed by atoms with Crippen LogP contribution in [0.25, 0.3) is 10.9 Å². The van der Waals surface area contributed by atoms with Crippen LogP contribution in [-0.4, -0.2) is 4.98 Å². The van der Waals surface area contributed by atoms with Crippen molar-refractivity contribution < 1.29 is 0 Å². The van der Waals surface area contributed by atoms with E-state index >= 15 is 0 Å². The van der Waals surface area contributed by atoms with E-state index in [1.807, 2.05) is 0 Å². The van der Waals surface area contributed by atoms with Crippen LogP contribution in [0.3, 0.4) is 0 Å². The predicted octanol–water partition coefficient (Wildman–Crippen LogP) is 5.16. The maximum absolute atomic E-state index is 3.73. The monoisotopic (exact) mass is 360 g/mol. The zero-order chi connectivity index (χ0) is 14.2. The lowest BCUT2D eigenvalue weighted by Crippen LogP contribution is -2.24. The van der Waals surface area contributed by atoms with Crippen LogP contribution in [0, 0.1) is 0 Å². The number of hydrogen-bond donors (Lipinski definition) is 2. The molecule has 2 aromatic heterocycles. The molecule has 21 heavy (non-hydrogen) atoms. The summed E-state index contributed by atoms with van der Waals surface area (Å²) in [5, 5.41) is 5.13. The third kappa shape index (κ3) is 2.56. The van der Waals surface area contributed by atoms with Crippen LogP contribution < -0.4 is 5.32 Å². The topological polar surface area (TPSA) is 27.8 Å². The molecule has 0 bridgehead atoms. The van der Waals surface area contributed by atoms with E-state index in [4.69, 9.17) is 0 Å². The van der Waals surface area contributed by atoms with Gasteiger partial charge in [-0.15, -0.1) is 11.3 Å². The summed E-state index contributed by atoms with van der Waals surface area (Å²) in [6.45, 7) is 0.940. The Labute approximate surface area is 136 Å². The number of para-hydroxylation sites is 1. The number of rotatable bonds is 3. The van der Waals surface area contributed by atoms with Crippen LogP contribution >= 0.6 is 27.3 Å². The Morgan fingerprint density at radius 3 is 3.00 bits per heavy atom. The fourth-order valence-corrected chi connectivity index (χ4v) is 4.72. The fourth-order valence-electron chi connectivity index (χ4n) is 3.29. The number of H-pyrrole nitrogens is 1. The molecule has 0 spiro atoms. The highest BCUT2D eigenvalue weighted by molar-refractivity contribution is 9.11. The molecule has 2 nitrogen and oxygen atoms in total. The average Bonchev–Trinajstić information content (AvgIpc) is 3.09. The third-order valence-corrected chi connectivity index (χ3v) is 5.89. The molecule has 1 aromatic carbocycles. The molecule has 2 heterocycles. The van der Waals surface area contributed by atoms with Gasteiger partial charge in [-0.3, -0.25) is 0 Å². The Hall–Kier alpha value is -1.10. The Morgan fingerprint density at radius 1 is 1.24 bits per heavy atom. The van der Waals surface area contributed by atoms with Crippen LogP contribution in [0.2, 0.25) is 0 Å². The van der Waals surface area contributed by atoms with Crippen LogP contribution in [0.4, 0.5) is 0 Å². The first kappa shape index (κ1) is 13.6. The molecule has 0 fully saturated rings. The zero-order valence-corrected chi connectivity index (χ0v) is 14.1. The maximum atomic E-state index is 3.73. The minimum atomic E-state index is 0.446. The predicted molar refractivity (Wildman–Crippen MR) is 92.8 cm³/mol. The van der Waals surface area contributed by atoms with Gasteiger partial charge >= 0.3 is 0 Å². The second-order valence-electron chi connectivity index (χ2n) is 5.59. The quantitative estimate of drug-likeness (QED) is 0.663. The zero-order valence-electron chi connectivity index (χ0n) is 11.7. The highest BCUT2D eigenvalue weighted by Gasteiger charge is 2.23. The molecule has 4 rings (SSSR count). The van der Waals surface area contributed by atoms with Crippen molar-refractivity contribution in [2.75, 3.05) is 0 Å². The van der Waals surface area contributed by atoms with Gasteiger partial charge < -0.3 is 10.3 Å². The van der Waals surface area contributed by atoms with Gasteiger partial charge in [0.05, 0.1) is 3.79 Å². The van der Waals surface area contributed by atoms with Gasteiger partial charge in [0.1, 0.15) is 0 Å². The number of nitrogens with one attached hydrogen (secondary N) is 2. The number of fused-ring (bicyclic) bond motifs is 3. The summed E-state index contributed by atoms with van der Waals surface area (Å²) < 4.78 is 1.20. The number of hydrogen-bond acceptors (Lipinski definition) is 2. The van der Waals surface area contributed by atoms with Gasteiger partial charge in [0.25, 0.3) is 0 Å². The van der Waals surface area contributed by atoms with Crippen LogP contribution in [0.15, 0.2) is 40.2 Å². The average molecular weight is 361 g/mol. The fraction of sp³-hybridized carbons (Fsp3) is 0.294. The standard InChI is InChI=1S/C17H17BrN2S/c18-16-9-8-11(21-16)10-19-15-7-3-5-13-12-4-1-2-6-14(12)20-17(13)15/h1-2,4,6,8-9,15,19-20H,3,5,7,10H2. The summed E-state index contributed by atoms with van der Waals surface area (Å²) in [6, 6.07) is 13.4. The minimum absolute atomic E-state index is 0.446. The van der Waals surface area contributed by atoms with Crippen molar-refractivity contribution in [3.63, 3.8) is 0 Å². The number of aromatic nitrogens is 1. The van der Waals surface area contributed by atoms with E-state index < -0.39 is 0 Å². The normalized spacial score (nSPS) is 18.0. The number of halogens is 1. The Bertz CT molecular complexity index is 774. The van der Waals surface area contributed by atoms with Crippen LogP contribution in [0.5, 0.6) is 0 Å². The second kappa shape index (κ2) is 5.59.